The molecule has 7 heteroatoms. The van der Waals surface area contributed by atoms with E-state index in [1.54, 1.807) is 43.6 Å². The van der Waals surface area contributed by atoms with Crippen LogP contribution in [-0.4, -0.2) is 42.6 Å². The third-order valence-corrected chi connectivity index (χ3v) is 5.07. The van der Waals surface area contributed by atoms with Crippen LogP contribution in [0.2, 0.25) is 0 Å². The second-order valence-electron chi connectivity index (χ2n) is 5.18. The van der Waals surface area contributed by atoms with Crippen molar-refractivity contribution in [2.75, 3.05) is 13.7 Å². The fourth-order valence-corrected chi connectivity index (χ4v) is 3.64. The summed E-state index contributed by atoms with van der Waals surface area (Å²) in [5, 5.41) is 9.65. The van der Waals surface area contributed by atoms with Gasteiger partial charge in [0.1, 0.15) is 5.75 Å². The number of sulfonamides is 1. The molecule has 1 aromatic heterocycles. The maximum Gasteiger partial charge on any atom is 0.243 e. The van der Waals surface area contributed by atoms with E-state index in [4.69, 9.17) is 4.74 Å². The summed E-state index contributed by atoms with van der Waals surface area (Å²) in [6, 6.07) is 9.72. The molecule has 0 aliphatic heterocycles. The number of aromatic nitrogens is 1. The molecular formula is C16H20N2O4S. The summed E-state index contributed by atoms with van der Waals surface area (Å²) in [6.45, 7) is 1.70. The number of methoxy groups -OCH3 is 1. The van der Waals surface area contributed by atoms with Gasteiger partial charge in [-0.05, 0) is 42.8 Å². The molecule has 0 radical (unpaired) electrons. The first-order valence-electron chi connectivity index (χ1n) is 7.14. The minimum atomic E-state index is -3.73. The van der Waals surface area contributed by atoms with Gasteiger partial charge in [0.2, 0.25) is 10.0 Å². The fourth-order valence-electron chi connectivity index (χ4n) is 2.13. The number of benzene rings is 1. The van der Waals surface area contributed by atoms with Gasteiger partial charge in [-0.3, -0.25) is 4.98 Å². The van der Waals surface area contributed by atoms with E-state index in [2.05, 4.69) is 4.98 Å². The molecule has 2 rings (SSSR count). The van der Waals surface area contributed by atoms with Gasteiger partial charge < -0.3 is 9.84 Å². The van der Waals surface area contributed by atoms with E-state index in [1.807, 2.05) is 0 Å². The number of rotatable bonds is 7. The maximum absolute atomic E-state index is 12.8. The molecule has 0 amide bonds. The molecule has 2 aromatic rings. The molecule has 0 fully saturated rings. The molecule has 124 valence electrons. The summed E-state index contributed by atoms with van der Waals surface area (Å²) >= 11 is 0. The summed E-state index contributed by atoms with van der Waals surface area (Å²) in [6.07, 6.45) is 2.46. The Kier molecular flexibility index (Phi) is 5.70. The van der Waals surface area contributed by atoms with E-state index in [-0.39, 0.29) is 18.0 Å². The van der Waals surface area contributed by atoms with Crippen molar-refractivity contribution in [3.63, 3.8) is 0 Å². The van der Waals surface area contributed by atoms with Crippen molar-refractivity contribution in [3.8, 4) is 5.75 Å². The lowest BCUT2D eigenvalue weighted by Gasteiger charge is -2.23. The van der Waals surface area contributed by atoms with Gasteiger partial charge in [0.15, 0.2) is 0 Å². The molecule has 1 N–H and O–H groups in total. The van der Waals surface area contributed by atoms with E-state index in [1.165, 1.54) is 23.5 Å². The van der Waals surface area contributed by atoms with Crippen LogP contribution in [0.15, 0.2) is 53.7 Å². The molecule has 1 aromatic carbocycles. The van der Waals surface area contributed by atoms with Gasteiger partial charge in [-0.25, -0.2) is 8.42 Å². The number of aliphatic hydroxyl groups is 1. The molecule has 0 saturated heterocycles. The third kappa shape index (κ3) is 4.51. The number of hydrogen-bond donors (Lipinski definition) is 1. The molecule has 0 bridgehead atoms. The lowest BCUT2D eigenvalue weighted by Crippen LogP contribution is -2.36. The van der Waals surface area contributed by atoms with Crippen LogP contribution in [0.25, 0.3) is 0 Å². The van der Waals surface area contributed by atoms with Gasteiger partial charge in [-0.1, -0.05) is 6.07 Å². The lowest BCUT2D eigenvalue weighted by molar-refractivity contribution is 0.161. The zero-order chi connectivity index (χ0) is 16.9. The standard InChI is InChI=1S/C16H20N2O4S/c1-13(19)11-18(12-14-4-3-9-17-10-14)23(20,21)16-7-5-15(22-2)6-8-16/h3-10,13,19H,11-12H2,1-2H3. The summed E-state index contributed by atoms with van der Waals surface area (Å²) in [5.41, 5.74) is 0.755. The molecule has 1 heterocycles. The van der Waals surface area contributed by atoms with Crippen molar-refractivity contribution in [2.45, 2.75) is 24.5 Å². The van der Waals surface area contributed by atoms with Crippen molar-refractivity contribution in [2.24, 2.45) is 0 Å². The largest absolute Gasteiger partial charge is 0.497 e. The van der Waals surface area contributed by atoms with E-state index in [9.17, 15) is 13.5 Å². The van der Waals surface area contributed by atoms with Gasteiger partial charge >= 0.3 is 0 Å². The van der Waals surface area contributed by atoms with Crippen LogP contribution in [0.1, 0.15) is 12.5 Å². The Morgan fingerprint density at radius 3 is 2.48 bits per heavy atom. The topological polar surface area (TPSA) is 79.7 Å². The molecule has 0 aliphatic rings. The number of ether oxygens (including phenoxy) is 1. The SMILES string of the molecule is COc1ccc(S(=O)(=O)N(Cc2cccnc2)CC(C)O)cc1. The van der Waals surface area contributed by atoms with Crippen LogP contribution in [0.4, 0.5) is 0 Å². The molecule has 0 aliphatic carbocycles. The van der Waals surface area contributed by atoms with Crippen molar-refractivity contribution < 1.29 is 18.3 Å². The first kappa shape index (κ1) is 17.4. The van der Waals surface area contributed by atoms with Crippen LogP contribution in [0, 0.1) is 0 Å². The average molecular weight is 336 g/mol. The zero-order valence-electron chi connectivity index (χ0n) is 13.1. The highest BCUT2D eigenvalue weighted by atomic mass is 32.2. The predicted molar refractivity (Wildman–Crippen MR) is 86.5 cm³/mol. The van der Waals surface area contributed by atoms with Crippen LogP contribution < -0.4 is 4.74 Å². The van der Waals surface area contributed by atoms with Crippen LogP contribution in [0.3, 0.4) is 0 Å². The Bertz CT molecular complexity index is 716. The summed E-state index contributed by atoms with van der Waals surface area (Å²) < 4.78 is 31.9. The molecule has 23 heavy (non-hydrogen) atoms. The molecular weight excluding hydrogens is 316 g/mol. The summed E-state index contributed by atoms with van der Waals surface area (Å²) in [5.74, 6) is 0.582. The Morgan fingerprint density at radius 1 is 1.26 bits per heavy atom. The Balaban J connectivity index is 2.31. The second-order valence-corrected chi connectivity index (χ2v) is 7.12. The maximum atomic E-state index is 12.8. The number of pyridine rings is 1. The van der Waals surface area contributed by atoms with E-state index in [0.717, 1.165) is 5.56 Å². The number of nitrogens with zero attached hydrogens (tertiary/aromatic N) is 2. The van der Waals surface area contributed by atoms with E-state index >= 15 is 0 Å². The zero-order valence-corrected chi connectivity index (χ0v) is 13.9. The Morgan fingerprint density at radius 2 is 1.96 bits per heavy atom. The van der Waals surface area contributed by atoms with Crippen molar-refractivity contribution in [1.82, 2.24) is 9.29 Å². The molecule has 0 saturated carbocycles. The van der Waals surface area contributed by atoms with Crippen LogP contribution in [-0.2, 0) is 16.6 Å². The molecule has 1 atom stereocenters. The first-order valence-corrected chi connectivity index (χ1v) is 8.58. The van der Waals surface area contributed by atoms with Crippen molar-refractivity contribution >= 4 is 10.0 Å². The third-order valence-electron chi connectivity index (χ3n) is 3.25. The van der Waals surface area contributed by atoms with Gasteiger partial charge in [0, 0.05) is 25.5 Å². The minimum Gasteiger partial charge on any atom is -0.497 e. The quantitative estimate of drug-likeness (QED) is 0.832. The molecule has 1 unspecified atom stereocenters. The van der Waals surface area contributed by atoms with Crippen molar-refractivity contribution in [1.29, 1.82) is 0 Å². The van der Waals surface area contributed by atoms with E-state index < -0.39 is 16.1 Å². The Hall–Kier alpha value is -1.96. The van der Waals surface area contributed by atoms with Crippen molar-refractivity contribution in [3.05, 3.63) is 54.4 Å². The summed E-state index contributed by atoms with van der Waals surface area (Å²) in [4.78, 5) is 4.15. The fraction of sp³-hybridized carbons (Fsp3) is 0.312. The highest BCUT2D eigenvalue weighted by Gasteiger charge is 2.26. The lowest BCUT2D eigenvalue weighted by atomic mass is 10.3. The van der Waals surface area contributed by atoms with Gasteiger partial charge in [0.25, 0.3) is 0 Å². The monoisotopic (exact) mass is 336 g/mol. The Labute approximate surface area is 136 Å². The smallest absolute Gasteiger partial charge is 0.243 e. The highest BCUT2D eigenvalue weighted by Crippen LogP contribution is 2.21. The predicted octanol–water partition coefficient (Wildman–Crippen LogP) is 1.66. The van der Waals surface area contributed by atoms with E-state index in [0.29, 0.717) is 5.75 Å². The van der Waals surface area contributed by atoms with Gasteiger partial charge in [0.05, 0.1) is 18.1 Å². The van der Waals surface area contributed by atoms with Gasteiger partial charge in [-0.2, -0.15) is 4.31 Å². The molecule has 6 nitrogen and oxygen atoms in total. The normalized spacial score (nSPS) is 13.0. The first-order chi connectivity index (χ1) is 10.9. The minimum absolute atomic E-state index is 0.00323. The highest BCUT2D eigenvalue weighted by molar-refractivity contribution is 7.89. The average Bonchev–Trinajstić information content (AvgIpc) is 2.55. The van der Waals surface area contributed by atoms with Crippen LogP contribution >= 0.6 is 0 Å². The van der Waals surface area contributed by atoms with Gasteiger partial charge in [-0.15, -0.1) is 0 Å². The summed E-state index contributed by atoms with van der Waals surface area (Å²) in [7, 11) is -2.21. The second kappa shape index (κ2) is 7.54. The number of hydrogen-bond acceptors (Lipinski definition) is 5. The number of aliphatic hydroxyl groups excluding tert-OH is 1. The van der Waals surface area contributed by atoms with Crippen LogP contribution in [0.5, 0.6) is 5.75 Å². The molecule has 0 spiro atoms.